The van der Waals surface area contributed by atoms with E-state index in [-0.39, 0.29) is 12.3 Å². The van der Waals surface area contributed by atoms with Crippen LogP contribution in [0.4, 0.5) is 19.1 Å². The van der Waals surface area contributed by atoms with Gasteiger partial charge in [0, 0.05) is 6.20 Å². The second kappa shape index (κ2) is 8.98. The summed E-state index contributed by atoms with van der Waals surface area (Å²) in [5.74, 6) is -0.926. The minimum absolute atomic E-state index is 0.136. The summed E-state index contributed by atoms with van der Waals surface area (Å²) in [7, 11) is 0. The lowest BCUT2D eigenvalue weighted by Gasteiger charge is -2.34. The van der Waals surface area contributed by atoms with Gasteiger partial charge in [-0.25, -0.2) is 15.0 Å². The van der Waals surface area contributed by atoms with Gasteiger partial charge in [0.15, 0.2) is 0 Å². The fourth-order valence-electron chi connectivity index (χ4n) is 3.30. The molecule has 1 aliphatic carbocycles. The number of hydrazine groups is 1. The van der Waals surface area contributed by atoms with Crippen LogP contribution >= 0.6 is 0 Å². The molecule has 8 nitrogen and oxygen atoms in total. The summed E-state index contributed by atoms with van der Waals surface area (Å²) in [6, 6.07) is -0.456. The third-order valence-corrected chi connectivity index (χ3v) is 4.82. The summed E-state index contributed by atoms with van der Waals surface area (Å²) in [6.07, 6.45) is 0.471. The Kier molecular flexibility index (Phi) is 6.94. The summed E-state index contributed by atoms with van der Waals surface area (Å²) in [4.78, 5) is 30.3. The molecule has 0 aliphatic heterocycles. The van der Waals surface area contributed by atoms with Gasteiger partial charge in [0.2, 0.25) is 12.4 Å². The average Bonchev–Trinajstić information content (AvgIpc) is 2.66. The summed E-state index contributed by atoms with van der Waals surface area (Å²) < 4.78 is 38.0. The SMILES string of the molecule is CCC1CCC(C(C(=O)NNc2nccc(C(F)(F)F)n2)N(O)C=O)CC1. The quantitative estimate of drug-likeness (QED) is 0.375. The van der Waals surface area contributed by atoms with Gasteiger partial charge in [-0.15, -0.1) is 0 Å². The van der Waals surface area contributed by atoms with Crippen molar-refractivity contribution < 1.29 is 28.0 Å². The van der Waals surface area contributed by atoms with Crippen LogP contribution in [0, 0.1) is 11.8 Å². The monoisotopic (exact) mass is 389 g/mol. The number of rotatable bonds is 7. The van der Waals surface area contributed by atoms with Crippen LogP contribution in [0.5, 0.6) is 0 Å². The Labute approximate surface area is 154 Å². The molecule has 1 unspecified atom stereocenters. The number of nitrogens with one attached hydrogen (secondary N) is 2. The van der Waals surface area contributed by atoms with E-state index in [1.54, 1.807) is 0 Å². The molecule has 3 N–H and O–H groups in total. The van der Waals surface area contributed by atoms with Crippen LogP contribution in [0.1, 0.15) is 44.7 Å². The highest BCUT2D eigenvalue weighted by atomic mass is 19.4. The first kappa shape index (κ1) is 20.9. The maximum Gasteiger partial charge on any atom is 0.433 e. The average molecular weight is 389 g/mol. The Morgan fingerprint density at radius 3 is 2.63 bits per heavy atom. The van der Waals surface area contributed by atoms with Crippen molar-refractivity contribution in [2.45, 2.75) is 51.2 Å². The Bertz CT molecular complexity index is 650. The number of halogens is 3. The van der Waals surface area contributed by atoms with Gasteiger partial charge in [-0.3, -0.25) is 25.6 Å². The van der Waals surface area contributed by atoms with Gasteiger partial charge in [0.05, 0.1) is 0 Å². The van der Waals surface area contributed by atoms with Crippen LogP contribution in [0.15, 0.2) is 12.3 Å². The third-order valence-electron chi connectivity index (χ3n) is 4.82. The molecule has 1 fully saturated rings. The number of carbonyl (C=O) groups is 2. The van der Waals surface area contributed by atoms with E-state index in [4.69, 9.17) is 0 Å². The largest absolute Gasteiger partial charge is 0.433 e. The minimum Gasteiger partial charge on any atom is -0.285 e. The van der Waals surface area contributed by atoms with E-state index in [1.165, 1.54) is 0 Å². The Hall–Kier alpha value is -2.43. The second-order valence-electron chi connectivity index (χ2n) is 6.50. The molecule has 0 aromatic carbocycles. The van der Waals surface area contributed by atoms with Crippen molar-refractivity contribution in [3.8, 4) is 0 Å². The summed E-state index contributed by atoms with van der Waals surface area (Å²) >= 11 is 0. The molecular formula is C16H22F3N5O3. The zero-order chi connectivity index (χ0) is 20.0. The molecule has 0 radical (unpaired) electrons. The summed E-state index contributed by atoms with van der Waals surface area (Å²) in [5, 5.41) is 10.1. The molecule has 0 bridgehead atoms. The zero-order valence-corrected chi connectivity index (χ0v) is 14.7. The van der Waals surface area contributed by atoms with E-state index in [1.807, 2.05) is 0 Å². The smallest absolute Gasteiger partial charge is 0.285 e. The Balaban J connectivity index is 2.03. The summed E-state index contributed by atoms with van der Waals surface area (Å²) in [6.45, 7) is 2.08. The van der Waals surface area contributed by atoms with Crippen LogP contribution in [0.2, 0.25) is 0 Å². The van der Waals surface area contributed by atoms with Crippen LogP contribution < -0.4 is 10.9 Å². The predicted molar refractivity (Wildman–Crippen MR) is 88.0 cm³/mol. The Morgan fingerprint density at radius 2 is 2.07 bits per heavy atom. The molecule has 1 aromatic rings. The van der Waals surface area contributed by atoms with Gasteiger partial charge in [-0.05, 0) is 30.7 Å². The summed E-state index contributed by atoms with van der Waals surface area (Å²) in [5.41, 5.74) is 3.21. The number of hydrogen-bond acceptors (Lipinski definition) is 6. The van der Waals surface area contributed by atoms with Crippen molar-refractivity contribution in [3.63, 3.8) is 0 Å². The normalized spacial score (nSPS) is 21.2. The topological polar surface area (TPSA) is 107 Å². The number of alkyl halides is 3. The lowest BCUT2D eigenvalue weighted by Crippen LogP contribution is -2.51. The van der Waals surface area contributed by atoms with Crippen molar-refractivity contribution in [2.75, 3.05) is 5.43 Å². The van der Waals surface area contributed by atoms with Gasteiger partial charge < -0.3 is 0 Å². The molecule has 0 saturated heterocycles. The Morgan fingerprint density at radius 1 is 1.41 bits per heavy atom. The molecule has 27 heavy (non-hydrogen) atoms. The first-order valence-electron chi connectivity index (χ1n) is 8.64. The minimum atomic E-state index is -4.65. The van der Waals surface area contributed by atoms with Crippen molar-refractivity contribution >= 4 is 18.3 Å². The highest BCUT2D eigenvalue weighted by Gasteiger charge is 2.36. The first-order chi connectivity index (χ1) is 12.8. The fraction of sp³-hybridized carbons (Fsp3) is 0.625. The molecule has 1 aromatic heterocycles. The number of amides is 2. The van der Waals surface area contributed by atoms with E-state index in [9.17, 15) is 28.0 Å². The number of hydroxylamine groups is 2. The fourth-order valence-corrected chi connectivity index (χ4v) is 3.30. The lowest BCUT2D eigenvalue weighted by molar-refractivity contribution is -0.173. The van der Waals surface area contributed by atoms with Crippen LogP contribution in [-0.4, -0.2) is 38.6 Å². The van der Waals surface area contributed by atoms with E-state index in [0.717, 1.165) is 25.5 Å². The molecule has 11 heteroatoms. The predicted octanol–water partition coefficient (Wildman–Crippen LogP) is 2.37. The molecular weight excluding hydrogens is 367 g/mol. The van der Waals surface area contributed by atoms with Gasteiger partial charge in [0.1, 0.15) is 11.7 Å². The first-order valence-corrected chi connectivity index (χ1v) is 8.64. The molecule has 1 aliphatic rings. The maximum absolute atomic E-state index is 12.7. The van der Waals surface area contributed by atoms with E-state index >= 15 is 0 Å². The third kappa shape index (κ3) is 5.52. The van der Waals surface area contributed by atoms with Gasteiger partial charge >= 0.3 is 6.18 Å². The molecule has 0 spiro atoms. The van der Waals surface area contributed by atoms with Gasteiger partial charge in [-0.2, -0.15) is 13.2 Å². The van der Waals surface area contributed by atoms with Gasteiger partial charge in [-0.1, -0.05) is 26.2 Å². The molecule has 150 valence electrons. The zero-order valence-electron chi connectivity index (χ0n) is 14.7. The standard InChI is InChI=1S/C16H22F3N5O3/c1-2-10-3-5-11(6-4-10)13(24(27)9-25)14(26)22-23-15-20-8-7-12(21-15)16(17,18)19/h7-11,13,27H,2-6H2,1H3,(H,22,26)(H,20,21,23). The van der Waals surface area contributed by atoms with Crippen LogP contribution in [0.25, 0.3) is 0 Å². The van der Waals surface area contributed by atoms with E-state index in [2.05, 4.69) is 27.7 Å². The number of nitrogens with zero attached hydrogens (tertiary/aromatic N) is 3. The van der Waals surface area contributed by atoms with Crippen LogP contribution in [0.3, 0.4) is 0 Å². The van der Waals surface area contributed by atoms with E-state index in [0.29, 0.717) is 29.9 Å². The maximum atomic E-state index is 12.7. The molecule has 1 atom stereocenters. The lowest BCUT2D eigenvalue weighted by atomic mass is 9.77. The molecule has 1 saturated carbocycles. The number of hydrogen-bond donors (Lipinski definition) is 3. The van der Waals surface area contributed by atoms with Crippen molar-refractivity contribution in [1.82, 2.24) is 20.5 Å². The second-order valence-corrected chi connectivity index (χ2v) is 6.50. The van der Waals surface area contributed by atoms with Crippen LogP contribution in [-0.2, 0) is 15.8 Å². The molecule has 2 amide bonds. The van der Waals surface area contributed by atoms with Gasteiger partial charge in [0.25, 0.3) is 5.91 Å². The van der Waals surface area contributed by atoms with Crippen molar-refractivity contribution in [3.05, 3.63) is 18.0 Å². The number of carbonyl (C=O) groups excluding carboxylic acids is 2. The molecule has 1 heterocycles. The number of anilines is 1. The highest BCUT2D eigenvalue weighted by Crippen LogP contribution is 2.33. The molecule has 2 rings (SSSR count). The number of aromatic nitrogens is 2. The van der Waals surface area contributed by atoms with Crippen molar-refractivity contribution in [1.29, 1.82) is 0 Å². The highest BCUT2D eigenvalue weighted by molar-refractivity contribution is 5.84. The van der Waals surface area contributed by atoms with E-state index < -0.39 is 29.8 Å². The van der Waals surface area contributed by atoms with Crippen molar-refractivity contribution in [2.24, 2.45) is 11.8 Å².